The molecular formula is C14H18OS. The maximum Gasteiger partial charge on any atom is 0.145 e. The van der Waals surface area contributed by atoms with E-state index in [1.165, 1.54) is 16.7 Å². The molecule has 1 unspecified atom stereocenters. The average molecular weight is 234 g/mol. The number of Topliss-reactive ketones (excluding diaryl/α,β-unsaturated/α-hetero) is 1. The first-order valence-corrected chi connectivity index (χ1v) is 6.91. The van der Waals surface area contributed by atoms with Crippen LogP contribution in [0.4, 0.5) is 0 Å². The minimum absolute atomic E-state index is 0.265. The van der Waals surface area contributed by atoms with Crippen molar-refractivity contribution in [1.29, 1.82) is 0 Å². The van der Waals surface area contributed by atoms with Gasteiger partial charge in [-0.1, -0.05) is 29.3 Å². The summed E-state index contributed by atoms with van der Waals surface area (Å²) < 4.78 is 0. The van der Waals surface area contributed by atoms with Gasteiger partial charge in [0.15, 0.2) is 0 Å². The molecule has 0 amide bonds. The molecule has 0 heterocycles. The van der Waals surface area contributed by atoms with E-state index in [4.69, 9.17) is 0 Å². The Bertz CT molecular complexity index is 377. The Hall–Kier alpha value is -0.760. The third-order valence-electron chi connectivity index (χ3n) is 2.98. The zero-order valence-corrected chi connectivity index (χ0v) is 10.8. The van der Waals surface area contributed by atoms with Crippen molar-refractivity contribution in [3.63, 3.8) is 0 Å². The summed E-state index contributed by atoms with van der Waals surface area (Å²) in [6.07, 6.45) is 2.96. The first-order chi connectivity index (χ1) is 7.65. The van der Waals surface area contributed by atoms with Gasteiger partial charge in [-0.2, -0.15) is 0 Å². The molecule has 16 heavy (non-hydrogen) atoms. The Morgan fingerprint density at radius 3 is 2.50 bits per heavy atom. The largest absolute Gasteiger partial charge is 0.298 e. The molecule has 0 spiro atoms. The van der Waals surface area contributed by atoms with Gasteiger partial charge in [-0.3, -0.25) is 4.79 Å². The van der Waals surface area contributed by atoms with Crippen LogP contribution in [-0.4, -0.2) is 11.0 Å². The predicted molar refractivity (Wildman–Crippen MR) is 69.9 cm³/mol. The van der Waals surface area contributed by atoms with Gasteiger partial charge < -0.3 is 0 Å². The Labute approximate surface area is 102 Å². The first kappa shape index (κ1) is 11.7. The van der Waals surface area contributed by atoms with Gasteiger partial charge >= 0.3 is 0 Å². The van der Waals surface area contributed by atoms with E-state index in [1.54, 1.807) is 0 Å². The quantitative estimate of drug-likeness (QED) is 0.794. The lowest BCUT2D eigenvalue weighted by Crippen LogP contribution is -2.08. The fourth-order valence-corrected chi connectivity index (χ4v) is 3.51. The van der Waals surface area contributed by atoms with Gasteiger partial charge in [-0.15, -0.1) is 11.8 Å². The van der Waals surface area contributed by atoms with E-state index >= 15 is 0 Å². The summed E-state index contributed by atoms with van der Waals surface area (Å²) in [5, 5.41) is 0.265. The summed E-state index contributed by atoms with van der Waals surface area (Å²) in [5.74, 6) is 1.42. The molecule has 1 fully saturated rings. The maximum absolute atomic E-state index is 11.5. The van der Waals surface area contributed by atoms with Crippen LogP contribution in [0, 0.1) is 13.8 Å². The maximum atomic E-state index is 11.5. The van der Waals surface area contributed by atoms with E-state index in [9.17, 15) is 4.79 Å². The summed E-state index contributed by atoms with van der Waals surface area (Å²) in [7, 11) is 0. The number of thioether (sulfide) groups is 1. The lowest BCUT2D eigenvalue weighted by Gasteiger charge is -2.09. The van der Waals surface area contributed by atoms with E-state index in [0.29, 0.717) is 5.78 Å². The molecule has 1 aromatic rings. The first-order valence-electron chi connectivity index (χ1n) is 5.86. The molecule has 0 aliphatic heterocycles. The van der Waals surface area contributed by atoms with Crippen LogP contribution in [0.3, 0.4) is 0 Å². The standard InChI is InChI=1S/C14H18OS/c1-10-6-11(2)8-12(7-10)9-16-14-5-3-4-13(14)15/h6-8,14H,3-5,9H2,1-2H3. The van der Waals surface area contributed by atoms with Crippen molar-refractivity contribution in [3.05, 3.63) is 34.9 Å². The molecular weight excluding hydrogens is 216 g/mol. The molecule has 1 saturated carbocycles. The molecule has 1 aliphatic carbocycles. The summed E-state index contributed by atoms with van der Waals surface area (Å²) in [6, 6.07) is 6.63. The molecule has 0 aromatic heterocycles. The Morgan fingerprint density at radius 2 is 1.94 bits per heavy atom. The fraction of sp³-hybridized carbons (Fsp3) is 0.500. The average Bonchev–Trinajstić information content (AvgIpc) is 2.59. The summed E-state index contributed by atoms with van der Waals surface area (Å²) in [6.45, 7) is 4.25. The lowest BCUT2D eigenvalue weighted by molar-refractivity contribution is -0.116. The van der Waals surface area contributed by atoms with Crippen LogP contribution < -0.4 is 0 Å². The predicted octanol–water partition coefficient (Wildman–Crippen LogP) is 3.66. The van der Waals surface area contributed by atoms with Gasteiger partial charge in [0.05, 0.1) is 5.25 Å². The molecule has 0 bridgehead atoms. The third kappa shape index (κ3) is 2.88. The lowest BCUT2D eigenvalue weighted by atomic mass is 10.1. The van der Waals surface area contributed by atoms with Crippen molar-refractivity contribution < 1.29 is 4.79 Å². The Kier molecular flexibility index (Phi) is 3.70. The Morgan fingerprint density at radius 1 is 1.25 bits per heavy atom. The molecule has 1 aromatic carbocycles. The van der Waals surface area contributed by atoms with E-state index in [2.05, 4.69) is 32.0 Å². The van der Waals surface area contributed by atoms with E-state index in [-0.39, 0.29) is 5.25 Å². The van der Waals surface area contributed by atoms with Crippen molar-refractivity contribution in [1.82, 2.24) is 0 Å². The van der Waals surface area contributed by atoms with Crippen LogP contribution >= 0.6 is 11.8 Å². The summed E-state index contributed by atoms with van der Waals surface area (Å²) >= 11 is 1.81. The molecule has 0 N–H and O–H groups in total. The van der Waals surface area contributed by atoms with Crippen LogP contribution in [0.15, 0.2) is 18.2 Å². The number of hydrogen-bond donors (Lipinski definition) is 0. The smallest absolute Gasteiger partial charge is 0.145 e. The molecule has 2 heteroatoms. The van der Waals surface area contributed by atoms with Crippen LogP contribution in [0.25, 0.3) is 0 Å². The number of ketones is 1. The highest BCUT2D eigenvalue weighted by atomic mass is 32.2. The van der Waals surface area contributed by atoms with Crippen LogP contribution in [0.2, 0.25) is 0 Å². The van der Waals surface area contributed by atoms with Crippen molar-refractivity contribution in [2.45, 2.75) is 44.1 Å². The van der Waals surface area contributed by atoms with Crippen molar-refractivity contribution >= 4 is 17.5 Å². The van der Waals surface area contributed by atoms with Gasteiger partial charge in [0.2, 0.25) is 0 Å². The number of benzene rings is 1. The zero-order chi connectivity index (χ0) is 11.5. The van der Waals surface area contributed by atoms with E-state index < -0.39 is 0 Å². The monoisotopic (exact) mass is 234 g/mol. The van der Waals surface area contributed by atoms with Crippen molar-refractivity contribution in [2.24, 2.45) is 0 Å². The highest BCUT2D eigenvalue weighted by Gasteiger charge is 2.24. The normalized spacial score (nSPS) is 20.4. The SMILES string of the molecule is Cc1cc(C)cc(CSC2CCCC2=O)c1. The highest BCUT2D eigenvalue weighted by Crippen LogP contribution is 2.29. The van der Waals surface area contributed by atoms with Gasteiger partial charge in [0.1, 0.15) is 5.78 Å². The van der Waals surface area contributed by atoms with E-state index in [0.717, 1.165) is 25.0 Å². The highest BCUT2D eigenvalue weighted by molar-refractivity contribution is 7.99. The number of aryl methyl sites for hydroxylation is 2. The second-order valence-electron chi connectivity index (χ2n) is 4.65. The van der Waals surface area contributed by atoms with Crippen LogP contribution in [0.5, 0.6) is 0 Å². The number of hydrogen-bond acceptors (Lipinski definition) is 2. The zero-order valence-electron chi connectivity index (χ0n) is 9.95. The van der Waals surface area contributed by atoms with Gasteiger partial charge in [-0.25, -0.2) is 0 Å². The molecule has 0 saturated heterocycles. The molecule has 2 rings (SSSR count). The third-order valence-corrected chi connectivity index (χ3v) is 4.38. The molecule has 86 valence electrons. The van der Waals surface area contributed by atoms with Gasteiger partial charge in [0, 0.05) is 12.2 Å². The second kappa shape index (κ2) is 5.05. The van der Waals surface area contributed by atoms with Crippen LogP contribution in [0.1, 0.15) is 36.0 Å². The number of carbonyl (C=O) groups excluding carboxylic acids is 1. The van der Waals surface area contributed by atoms with Gasteiger partial charge in [0.25, 0.3) is 0 Å². The minimum Gasteiger partial charge on any atom is -0.298 e. The summed E-state index contributed by atoms with van der Waals surface area (Å²) in [4.78, 5) is 11.5. The van der Waals surface area contributed by atoms with Gasteiger partial charge in [-0.05, 0) is 32.3 Å². The minimum atomic E-state index is 0.265. The second-order valence-corrected chi connectivity index (χ2v) is 5.85. The van der Waals surface area contributed by atoms with Crippen LogP contribution in [-0.2, 0) is 10.5 Å². The molecule has 1 atom stereocenters. The fourth-order valence-electron chi connectivity index (χ4n) is 2.31. The molecule has 1 nitrogen and oxygen atoms in total. The number of carbonyl (C=O) groups is 1. The van der Waals surface area contributed by atoms with Crippen molar-refractivity contribution in [2.75, 3.05) is 0 Å². The topological polar surface area (TPSA) is 17.1 Å². The molecule has 0 radical (unpaired) electrons. The summed E-state index contributed by atoms with van der Waals surface area (Å²) in [5.41, 5.74) is 3.98. The Balaban J connectivity index is 1.96. The number of rotatable bonds is 3. The molecule has 1 aliphatic rings. The van der Waals surface area contributed by atoms with Crippen molar-refractivity contribution in [3.8, 4) is 0 Å². The van der Waals surface area contributed by atoms with E-state index in [1.807, 2.05) is 11.8 Å².